The summed E-state index contributed by atoms with van der Waals surface area (Å²) in [5.74, 6) is 0. The second-order valence-electron chi connectivity index (χ2n) is 2.84. The van der Waals surface area contributed by atoms with Crippen LogP contribution in [-0.4, -0.2) is 45.7 Å². The van der Waals surface area contributed by atoms with Crippen LogP contribution in [0.2, 0.25) is 0 Å². The second kappa shape index (κ2) is 4.32. The minimum Gasteiger partial charge on any atom is -0.309 e. The number of aryl methyl sites for hydroxylation is 1. The van der Waals surface area contributed by atoms with Crippen LogP contribution in [0.4, 0.5) is 0 Å². The average molecular weight is 186 g/mol. The molecule has 1 rings (SSSR count). The first-order valence-electron chi connectivity index (χ1n) is 3.78. The highest BCUT2D eigenvalue weighted by Gasteiger charge is 2.00. The summed E-state index contributed by atoms with van der Waals surface area (Å²) in [7, 11) is 4.07. The van der Waals surface area contributed by atoms with Gasteiger partial charge < -0.3 is 4.90 Å². The van der Waals surface area contributed by atoms with Crippen LogP contribution in [-0.2, 0) is 6.54 Å². The van der Waals surface area contributed by atoms with Gasteiger partial charge in [-0.15, -0.1) is 0 Å². The summed E-state index contributed by atoms with van der Waals surface area (Å²) in [6, 6.07) is 0. The summed E-state index contributed by atoms with van der Waals surface area (Å²) in [6.45, 7) is 1.82. The number of hydrogen-bond donors (Lipinski definition) is 0. The van der Waals surface area contributed by atoms with Crippen molar-refractivity contribution >= 4 is 12.6 Å². The van der Waals surface area contributed by atoms with E-state index in [4.69, 9.17) is 12.6 Å². The Morgan fingerprint density at radius 1 is 1.50 bits per heavy atom. The van der Waals surface area contributed by atoms with Crippen LogP contribution < -0.4 is 0 Å². The molecule has 0 spiro atoms. The van der Waals surface area contributed by atoms with Crippen LogP contribution in [0.15, 0.2) is 5.16 Å². The van der Waals surface area contributed by atoms with Gasteiger partial charge in [0.2, 0.25) is 5.16 Å². The lowest BCUT2D eigenvalue weighted by Crippen LogP contribution is -2.15. The normalized spacial score (nSPS) is 10.9. The number of nitrogens with zero attached hydrogens (tertiary/aromatic N) is 5. The predicted octanol–water partition coefficient (Wildman–Crippen LogP) is 0.181. The van der Waals surface area contributed by atoms with Gasteiger partial charge in [0, 0.05) is 6.54 Å². The molecule has 0 aliphatic carbocycles. The average Bonchev–Trinajstić information content (AvgIpc) is 2.36. The standard InChI is InChI=1S/C6H12N5S/c1-10(2)4-3-5-11-6(12)7-8-9-11/h3-5H2,1-2H3. The maximum absolute atomic E-state index is 4.88. The third-order valence-corrected chi connectivity index (χ3v) is 1.77. The van der Waals surface area contributed by atoms with Gasteiger partial charge in [0.25, 0.3) is 0 Å². The molecule has 0 fully saturated rings. The van der Waals surface area contributed by atoms with Crippen LogP contribution in [0.1, 0.15) is 6.42 Å². The molecule has 1 aromatic rings. The SMILES string of the molecule is CN(C)CCCn1nnnc1[S]. The lowest BCUT2D eigenvalue weighted by molar-refractivity contribution is 0.373. The Hall–Kier alpha value is -0.750. The van der Waals surface area contributed by atoms with E-state index in [1.165, 1.54) is 0 Å². The van der Waals surface area contributed by atoms with Crippen molar-refractivity contribution in [1.82, 2.24) is 25.1 Å². The van der Waals surface area contributed by atoms with Gasteiger partial charge >= 0.3 is 0 Å². The van der Waals surface area contributed by atoms with E-state index in [2.05, 4.69) is 20.4 Å². The summed E-state index contributed by atoms with van der Waals surface area (Å²) >= 11 is 4.88. The predicted molar refractivity (Wildman–Crippen MR) is 46.8 cm³/mol. The summed E-state index contributed by atoms with van der Waals surface area (Å²) < 4.78 is 1.64. The summed E-state index contributed by atoms with van der Waals surface area (Å²) in [5, 5.41) is 11.3. The van der Waals surface area contributed by atoms with E-state index in [1.807, 2.05) is 14.1 Å². The van der Waals surface area contributed by atoms with Gasteiger partial charge in [-0.1, -0.05) is 5.10 Å². The van der Waals surface area contributed by atoms with Crippen molar-refractivity contribution in [3.63, 3.8) is 0 Å². The van der Waals surface area contributed by atoms with Gasteiger partial charge in [-0.3, -0.25) is 0 Å². The number of hydrogen-bond acceptors (Lipinski definition) is 4. The number of aromatic nitrogens is 4. The van der Waals surface area contributed by atoms with E-state index in [1.54, 1.807) is 4.68 Å². The molecule has 0 atom stereocenters. The van der Waals surface area contributed by atoms with E-state index in [-0.39, 0.29) is 0 Å². The molecule has 0 aromatic carbocycles. The molecule has 0 aliphatic heterocycles. The molecule has 67 valence electrons. The lowest BCUT2D eigenvalue weighted by atomic mass is 10.4. The lowest BCUT2D eigenvalue weighted by Gasteiger charge is -2.08. The topological polar surface area (TPSA) is 46.8 Å². The van der Waals surface area contributed by atoms with Crippen LogP contribution in [0.3, 0.4) is 0 Å². The van der Waals surface area contributed by atoms with Gasteiger partial charge in [-0.2, -0.15) is 0 Å². The zero-order valence-corrected chi connectivity index (χ0v) is 8.08. The van der Waals surface area contributed by atoms with E-state index < -0.39 is 0 Å². The van der Waals surface area contributed by atoms with Crippen molar-refractivity contribution in [2.45, 2.75) is 18.1 Å². The Kier molecular flexibility index (Phi) is 3.36. The Morgan fingerprint density at radius 2 is 2.25 bits per heavy atom. The minimum atomic E-state index is 0.466. The Bertz CT molecular complexity index is 234. The van der Waals surface area contributed by atoms with Crippen LogP contribution >= 0.6 is 12.6 Å². The van der Waals surface area contributed by atoms with Crippen molar-refractivity contribution in [1.29, 1.82) is 0 Å². The van der Waals surface area contributed by atoms with E-state index in [9.17, 15) is 0 Å². The molecule has 0 aliphatic rings. The monoisotopic (exact) mass is 186 g/mol. The van der Waals surface area contributed by atoms with Crippen molar-refractivity contribution < 1.29 is 0 Å². The number of rotatable bonds is 4. The van der Waals surface area contributed by atoms with Crippen LogP contribution in [0.25, 0.3) is 0 Å². The van der Waals surface area contributed by atoms with Crippen molar-refractivity contribution in [3.05, 3.63) is 0 Å². The second-order valence-corrected chi connectivity index (χ2v) is 3.21. The molecule has 0 N–H and O–H groups in total. The molecule has 6 heteroatoms. The molecule has 1 aromatic heterocycles. The fourth-order valence-corrected chi connectivity index (χ4v) is 1.04. The van der Waals surface area contributed by atoms with Crippen molar-refractivity contribution in [2.24, 2.45) is 0 Å². The molecule has 0 saturated carbocycles. The molecule has 1 radical (unpaired) electrons. The molecule has 1 heterocycles. The Morgan fingerprint density at radius 3 is 2.75 bits per heavy atom. The first-order valence-corrected chi connectivity index (χ1v) is 4.19. The quantitative estimate of drug-likeness (QED) is 0.673. The first-order chi connectivity index (χ1) is 5.70. The third kappa shape index (κ3) is 2.71. The molecule has 0 unspecified atom stereocenters. The zero-order valence-electron chi connectivity index (χ0n) is 7.27. The maximum atomic E-state index is 4.88. The zero-order chi connectivity index (χ0) is 8.97. The molecule has 12 heavy (non-hydrogen) atoms. The number of tetrazole rings is 1. The summed E-state index contributed by atoms with van der Waals surface area (Å²) in [4.78, 5) is 2.12. The van der Waals surface area contributed by atoms with Crippen molar-refractivity contribution in [2.75, 3.05) is 20.6 Å². The Balaban J connectivity index is 2.29. The highest BCUT2D eigenvalue weighted by molar-refractivity contribution is 7.80. The first kappa shape index (κ1) is 9.34. The van der Waals surface area contributed by atoms with E-state index in [0.717, 1.165) is 19.5 Å². The van der Waals surface area contributed by atoms with Crippen LogP contribution in [0.5, 0.6) is 0 Å². The fraction of sp³-hybridized carbons (Fsp3) is 0.833. The third-order valence-electron chi connectivity index (χ3n) is 1.47. The molecule has 0 amide bonds. The highest BCUT2D eigenvalue weighted by atomic mass is 32.1. The largest absolute Gasteiger partial charge is 0.309 e. The van der Waals surface area contributed by atoms with E-state index >= 15 is 0 Å². The van der Waals surface area contributed by atoms with Crippen LogP contribution in [0, 0.1) is 0 Å². The van der Waals surface area contributed by atoms with Gasteiger partial charge in [0.15, 0.2) is 0 Å². The molecular weight excluding hydrogens is 174 g/mol. The van der Waals surface area contributed by atoms with Gasteiger partial charge in [0.05, 0.1) is 0 Å². The minimum absolute atomic E-state index is 0.466. The molecule has 5 nitrogen and oxygen atoms in total. The van der Waals surface area contributed by atoms with E-state index in [0.29, 0.717) is 5.16 Å². The molecule has 0 saturated heterocycles. The maximum Gasteiger partial charge on any atom is 0.240 e. The Labute approximate surface area is 77.2 Å². The summed E-state index contributed by atoms with van der Waals surface area (Å²) in [5.41, 5.74) is 0. The van der Waals surface area contributed by atoms with Gasteiger partial charge in [-0.05, 0) is 50.1 Å². The molecular formula is C6H12N5S. The highest BCUT2D eigenvalue weighted by Crippen LogP contribution is 1.98. The fourth-order valence-electron chi connectivity index (χ4n) is 0.873. The van der Waals surface area contributed by atoms with Crippen molar-refractivity contribution in [3.8, 4) is 0 Å². The van der Waals surface area contributed by atoms with Gasteiger partial charge in [0.1, 0.15) is 0 Å². The van der Waals surface area contributed by atoms with Gasteiger partial charge in [-0.25, -0.2) is 4.68 Å². The molecule has 0 bridgehead atoms. The smallest absolute Gasteiger partial charge is 0.240 e. The summed E-state index contributed by atoms with van der Waals surface area (Å²) in [6.07, 6.45) is 1.02.